The second-order valence-electron chi connectivity index (χ2n) is 9.33. The van der Waals surface area contributed by atoms with Crippen LogP contribution in [0.3, 0.4) is 0 Å². The smallest absolute Gasteiger partial charge is 0.293 e. The van der Waals surface area contributed by atoms with Crippen molar-refractivity contribution >= 4 is 29.0 Å². The number of nitrogens with zero attached hydrogens (tertiary/aromatic N) is 5. The van der Waals surface area contributed by atoms with Gasteiger partial charge in [-0.05, 0) is 42.5 Å². The predicted octanol–water partition coefficient (Wildman–Crippen LogP) is 2.82. The number of carbonyl (C=O) groups is 2. The van der Waals surface area contributed by atoms with Crippen LogP contribution in [0.5, 0.6) is 0 Å². The highest BCUT2D eigenvalue weighted by Gasteiger charge is 2.26. The zero-order valence-electron chi connectivity index (χ0n) is 20.3. The number of piperazine rings is 1. The number of aromatic nitrogens is 1. The molecule has 35 heavy (non-hydrogen) atoms. The summed E-state index contributed by atoms with van der Waals surface area (Å²) in [6.45, 7) is 8.12. The van der Waals surface area contributed by atoms with Gasteiger partial charge in [-0.3, -0.25) is 19.7 Å². The summed E-state index contributed by atoms with van der Waals surface area (Å²) >= 11 is 0. The van der Waals surface area contributed by atoms with Crippen molar-refractivity contribution in [2.75, 3.05) is 49.1 Å². The quantitative estimate of drug-likeness (QED) is 0.500. The molecule has 0 atom stereocenters. The molecule has 3 heterocycles. The van der Waals surface area contributed by atoms with E-state index in [4.69, 9.17) is 0 Å². The van der Waals surface area contributed by atoms with Gasteiger partial charge in [-0.1, -0.05) is 13.0 Å². The summed E-state index contributed by atoms with van der Waals surface area (Å²) in [6.07, 6.45) is 4.10. The topological polar surface area (TPSA) is 112 Å². The van der Waals surface area contributed by atoms with Gasteiger partial charge in [-0.2, -0.15) is 0 Å². The van der Waals surface area contributed by atoms with Crippen LogP contribution >= 0.6 is 0 Å². The molecule has 10 heteroatoms. The van der Waals surface area contributed by atoms with Crippen molar-refractivity contribution in [1.29, 1.82) is 0 Å². The van der Waals surface area contributed by atoms with E-state index in [-0.39, 0.29) is 29.6 Å². The van der Waals surface area contributed by atoms with Gasteiger partial charge in [-0.15, -0.1) is 0 Å². The van der Waals surface area contributed by atoms with E-state index in [2.05, 4.69) is 22.1 Å². The molecule has 1 aromatic carbocycles. The van der Waals surface area contributed by atoms with Crippen LogP contribution in [0.1, 0.15) is 42.6 Å². The summed E-state index contributed by atoms with van der Waals surface area (Å²) in [5, 5.41) is 14.6. The lowest BCUT2D eigenvalue weighted by Gasteiger charge is -2.35. The van der Waals surface area contributed by atoms with E-state index in [1.54, 1.807) is 23.2 Å². The number of piperidine rings is 1. The molecule has 186 valence electrons. The second-order valence-corrected chi connectivity index (χ2v) is 9.33. The lowest BCUT2D eigenvalue weighted by Crippen LogP contribution is -2.48. The molecular weight excluding hydrogens is 448 g/mol. The minimum atomic E-state index is -0.465. The standard InChI is InChI=1S/C25H32N6O4/c1-18-7-9-30(10-8-18)24-6-3-20(16-26-24)17-27-25(33)21-4-5-22(23(15-21)31(34)35)29-13-11-28(12-14-29)19(2)32/h3-6,15-16,18H,7-14,17H2,1-2H3,(H,27,33). The van der Waals surface area contributed by atoms with E-state index in [1.807, 2.05) is 17.0 Å². The normalized spacial score (nSPS) is 16.8. The number of nitro groups is 1. The molecule has 0 aliphatic carbocycles. The molecule has 0 saturated carbocycles. The molecule has 2 aliphatic heterocycles. The highest BCUT2D eigenvalue weighted by atomic mass is 16.6. The Balaban J connectivity index is 1.37. The molecule has 0 spiro atoms. The first kappa shape index (κ1) is 24.4. The Labute approximate surface area is 205 Å². The van der Waals surface area contributed by atoms with E-state index in [9.17, 15) is 19.7 Å². The molecular formula is C25H32N6O4. The molecule has 4 rings (SSSR count). The van der Waals surface area contributed by atoms with Crippen LogP contribution in [0, 0.1) is 16.0 Å². The third kappa shape index (κ3) is 5.87. The predicted molar refractivity (Wildman–Crippen MR) is 134 cm³/mol. The second kappa shape index (κ2) is 10.7. The van der Waals surface area contributed by atoms with Crippen molar-refractivity contribution in [3.63, 3.8) is 0 Å². The molecule has 0 radical (unpaired) electrons. The number of hydrogen-bond acceptors (Lipinski definition) is 7. The summed E-state index contributed by atoms with van der Waals surface area (Å²) in [4.78, 5) is 46.0. The van der Waals surface area contributed by atoms with E-state index in [1.165, 1.54) is 25.8 Å². The summed E-state index contributed by atoms with van der Waals surface area (Å²) in [5.74, 6) is 1.32. The number of nitrogens with one attached hydrogen (secondary N) is 1. The molecule has 1 aromatic heterocycles. The minimum absolute atomic E-state index is 0.00265. The van der Waals surface area contributed by atoms with Crippen LogP contribution < -0.4 is 15.1 Å². The number of nitro benzene ring substituents is 1. The Morgan fingerprint density at radius 1 is 1.06 bits per heavy atom. The highest BCUT2D eigenvalue weighted by Crippen LogP contribution is 2.30. The van der Waals surface area contributed by atoms with Crippen LogP contribution in [-0.4, -0.2) is 65.9 Å². The minimum Gasteiger partial charge on any atom is -0.362 e. The zero-order chi connectivity index (χ0) is 24.9. The van der Waals surface area contributed by atoms with Crippen molar-refractivity contribution in [2.45, 2.75) is 33.2 Å². The van der Waals surface area contributed by atoms with Crippen molar-refractivity contribution in [3.05, 3.63) is 57.8 Å². The number of hydrogen-bond donors (Lipinski definition) is 1. The monoisotopic (exact) mass is 480 g/mol. The molecule has 2 fully saturated rings. The van der Waals surface area contributed by atoms with Gasteiger partial charge in [0.05, 0.1) is 4.92 Å². The van der Waals surface area contributed by atoms with E-state index in [0.717, 1.165) is 30.4 Å². The number of amides is 2. The van der Waals surface area contributed by atoms with Gasteiger partial charge in [0.1, 0.15) is 11.5 Å². The Kier molecular flexibility index (Phi) is 7.48. The summed E-state index contributed by atoms with van der Waals surface area (Å²) in [7, 11) is 0. The summed E-state index contributed by atoms with van der Waals surface area (Å²) in [6, 6.07) is 8.47. The Morgan fingerprint density at radius 3 is 2.37 bits per heavy atom. The molecule has 2 amide bonds. The average molecular weight is 481 g/mol. The molecule has 0 bridgehead atoms. The Bertz CT molecular complexity index is 1070. The van der Waals surface area contributed by atoms with Gasteiger partial charge in [0.2, 0.25) is 5.91 Å². The SMILES string of the molecule is CC(=O)N1CCN(c2ccc(C(=O)NCc3ccc(N4CCC(C)CC4)nc3)cc2[N+](=O)[O-])CC1. The van der Waals surface area contributed by atoms with Crippen LogP contribution in [-0.2, 0) is 11.3 Å². The van der Waals surface area contributed by atoms with Gasteiger partial charge in [-0.25, -0.2) is 4.98 Å². The third-order valence-electron chi connectivity index (χ3n) is 6.87. The number of benzene rings is 1. The Morgan fingerprint density at radius 2 is 1.77 bits per heavy atom. The lowest BCUT2D eigenvalue weighted by atomic mass is 9.99. The van der Waals surface area contributed by atoms with Crippen LogP contribution in [0.4, 0.5) is 17.2 Å². The fourth-order valence-corrected chi connectivity index (χ4v) is 4.57. The highest BCUT2D eigenvalue weighted by molar-refractivity contribution is 5.95. The molecule has 2 saturated heterocycles. The van der Waals surface area contributed by atoms with Gasteiger partial charge in [0, 0.05) is 70.6 Å². The van der Waals surface area contributed by atoms with Gasteiger partial charge in [0.15, 0.2) is 0 Å². The third-order valence-corrected chi connectivity index (χ3v) is 6.87. The summed E-state index contributed by atoms with van der Waals surface area (Å²) < 4.78 is 0. The number of pyridine rings is 1. The van der Waals surface area contributed by atoms with Gasteiger partial charge in [0.25, 0.3) is 11.6 Å². The van der Waals surface area contributed by atoms with E-state index >= 15 is 0 Å². The fraction of sp³-hybridized carbons (Fsp3) is 0.480. The summed E-state index contributed by atoms with van der Waals surface area (Å²) in [5.41, 5.74) is 1.44. The lowest BCUT2D eigenvalue weighted by molar-refractivity contribution is -0.384. The molecule has 2 aromatic rings. The zero-order valence-corrected chi connectivity index (χ0v) is 20.3. The van der Waals surface area contributed by atoms with Crippen molar-refractivity contribution in [3.8, 4) is 0 Å². The molecule has 10 nitrogen and oxygen atoms in total. The maximum atomic E-state index is 12.7. The van der Waals surface area contributed by atoms with Gasteiger partial charge >= 0.3 is 0 Å². The van der Waals surface area contributed by atoms with Crippen molar-refractivity contribution < 1.29 is 14.5 Å². The van der Waals surface area contributed by atoms with Crippen LogP contribution in [0.15, 0.2) is 36.5 Å². The fourth-order valence-electron chi connectivity index (χ4n) is 4.57. The largest absolute Gasteiger partial charge is 0.362 e. The first-order chi connectivity index (χ1) is 16.8. The van der Waals surface area contributed by atoms with Crippen molar-refractivity contribution in [2.24, 2.45) is 5.92 Å². The molecule has 2 aliphatic rings. The van der Waals surface area contributed by atoms with Gasteiger partial charge < -0.3 is 20.0 Å². The van der Waals surface area contributed by atoms with Crippen LogP contribution in [0.2, 0.25) is 0 Å². The van der Waals surface area contributed by atoms with Crippen molar-refractivity contribution in [1.82, 2.24) is 15.2 Å². The first-order valence-electron chi connectivity index (χ1n) is 12.1. The van der Waals surface area contributed by atoms with E-state index in [0.29, 0.717) is 31.9 Å². The molecule has 1 N–H and O–H groups in total. The number of rotatable bonds is 6. The number of carbonyl (C=O) groups excluding carboxylic acids is 2. The molecule has 0 unspecified atom stereocenters. The number of anilines is 2. The average Bonchev–Trinajstić information content (AvgIpc) is 2.87. The maximum absolute atomic E-state index is 12.7. The first-order valence-corrected chi connectivity index (χ1v) is 12.1. The van der Waals surface area contributed by atoms with E-state index < -0.39 is 4.92 Å². The maximum Gasteiger partial charge on any atom is 0.293 e. The van der Waals surface area contributed by atoms with Crippen LogP contribution in [0.25, 0.3) is 0 Å². The Hall–Kier alpha value is -3.69.